The zero-order valence-electron chi connectivity index (χ0n) is 13.5. The minimum Gasteiger partial charge on any atom is -0.489 e. The van der Waals surface area contributed by atoms with Crippen LogP contribution in [-0.4, -0.2) is 43.6 Å². The Kier molecular flexibility index (Phi) is 8.47. The molecule has 0 radical (unpaired) electrons. The standard InChI is InChI=1S/C16H23ClN2O4/c1-11(2)19-9-13(20)10-23-15-5-4-12(8-14(15)17)6-7-18-16(21)22-3/h4-8,11,13,19-20H,9-10H2,1-3H3,(H,18,21)/b7-6+. The number of hydrogen-bond donors (Lipinski definition) is 3. The van der Waals surface area contributed by atoms with Crippen LogP contribution in [0.25, 0.3) is 6.08 Å². The minimum atomic E-state index is -0.614. The largest absolute Gasteiger partial charge is 0.489 e. The average Bonchev–Trinajstić information content (AvgIpc) is 2.51. The molecule has 1 amide bonds. The molecule has 1 aromatic rings. The van der Waals surface area contributed by atoms with Gasteiger partial charge in [-0.15, -0.1) is 0 Å². The van der Waals surface area contributed by atoms with E-state index in [4.69, 9.17) is 16.3 Å². The zero-order chi connectivity index (χ0) is 17.2. The average molecular weight is 343 g/mol. The van der Waals surface area contributed by atoms with Crippen molar-refractivity contribution in [3.63, 3.8) is 0 Å². The molecule has 1 atom stereocenters. The molecule has 0 aromatic heterocycles. The third kappa shape index (κ3) is 7.88. The van der Waals surface area contributed by atoms with E-state index in [0.717, 1.165) is 5.56 Å². The van der Waals surface area contributed by atoms with E-state index < -0.39 is 12.2 Å². The molecule has 1 rings (SSSR count). The zero-order valence-corrected chi connectivity index (χ0v) is 14.3. The Labute approximate surface area is 141 Å². The highest BCUT2D eigenvalue weighted by Gasteiger charge is 2.08. The van der Waals surface area contributed by atoms with E-state index in [-0.39, 0.29) is 6.61 Å². The van der Waals surface area contributed by atoms with Crippen LogP contribution in [0.4, 0.5) is 4.79 Å². The number of ether oxygens (including phenoxy) is 2. The summed E-state index contributed by atoms with van der Waals surface area (Å²) in [5.41, 5.74) is 0.792. The smallest absolute Gasteiger partial charge is 0.410 e. The van der Waals surface area contributed by atoms with E-state index >= 15 is 0 Å². The summed E-state index contributed by atoms with van der Waals surface area (Å²) in [6, 6.07) is 5.50. The first-order chi connectivity index (χ1) is 10.9. The van der Waals surface area contributed by atoms with Gasteiger partial charge in [-0.05, 0) is 23.8 Å². The maximum Gasteiger partial charge on any atom is 0.410 e. The lowest BCUT2D eigenvalue weighted by molar-refractivity contribution is 0.105. The maximum atomic E-state index is 10.9. The van der Waals surface area contributed by atoms with Crippen LogP contribution in [0.5, 0.6) is 5.75 Å². The van der Waals surface area contributed by atoms with Crippen molar-refractivity contribution in [1.29, 1.82) is 0 Å². The Morgan fingerprint density at radius 1 is 1.43 bits per heavy atom. The van der Waals surface area contributed by atoms with Crippen molar-refractivity contribution >= 4 is 23.8 Å². The second-order valence-corrected chi connectivity index (χ2v) is 5.59. The molecule has 0 heterocycles. The number of benzene rings is 1. The summed E-state index contributed by atoms with van der Waals surface area (Å²) < 4.78 is 9.95. The first-order valence-electron chi connectivity index (χ1n) is 7.27. The Hall–Kier alpha value is -1.76. The van der Waals surface area contributed by atoms with Crippen LogP contribution < -0.4 is 15.4 Å². The molecule has 0 spiro atoms. The lowest BCUT2D eigenvalue weighted by Gasteiger charge is -2.15. The number of halogens is 1. The number of aliphatic hydroxyl groups is 1. The summed E-state index contributed by atoms with van der Waals surface area (Å²) in [6.45, 7) is 4.62. The number of aliphatic hydroxyl groups excluding tert-OH is 1. The molecule has 0 saturated carbocycles. The quantitative estimate of drug-likeness (QED) is 0.676. The first kappa shape index (κ1) is 19.3. The van der Waals surface area contributed by atoms with Gasteiger partial charge in [0.05, 0.1) is 12.1 Å². The summed E-state index contributed by atoms with van der Waals surface area (Å²) >= 11 is 6.14. The summed E-state index contributed by atoms with van der Waals surface area (Å²) in [7, 11) is 1.29. The van der Waals surface area contributed by atoms with Crippen LogP contribution in [0.1, 0.15) is 19.4 Å². The molecule has 3 N–H and O–H groups in total. The first-order valence-corrected chi connectivity index (χ1v) is 7.65. The normalized spacial score (nSPS) is 12.4. The molecule has 128 valence electrons. The van der Waals surface area contributed by atoms with Crippen LogP contribution in [-0.2, 0) is 4.74 Å². The predicted molar refractivity (Wildman–Crippen MR) is 90.7 cm³/mol. The molecular weight excluding hydrogens is 320 g/mol. The maximum absolute atomic E-state index is 10.9. The van der Waals surface area contributed by atoms with Crippen molar-refractivity contribution in [2.24, 2.45) is 0 Å². The van der Waals surface area contributed by atoms with Gasteiger partial charge in [0.2, 0.25) is 0 Å². The van der Waals surface area contributed by atoms with Crippen molar-refractivity contribution in [2.45, 2.75) is 26.0 Å². The fourth-order valence-electron chi connectivity index (χ4n) is 1.62. The third-order valence-electron chi connectivity index (χ3n) is 2.81. The molecule has 0 fully saturated rings. The van der Waals surface area contributed by atoms with Crippen LogP contribution in [0, 0.1) is 0 Å². The highest BCUT2D eigenvalue weighted by Crippen LogP contribution is 2.26. The molecule has 23 heavy (non-hydrogen) atoms. The van der Waals surface area contributed by atoms with Gasteiger partial charge in [0, 0.05) is 18.8 Å². The lowest BCUT2D eigenvalue weighted by Crippen LogP contribution is -2.35. The van der Waals surface area contributed by atoms with Gasteiger partial charge >= 0.3 is 6.09 Å². The van der Waals surface area contributed by atoms with E-state index in [1.54, 1.807) is 24.3 Å². The van der Waals surface area contributed by atoms with Gasteiger partial charge < -0.3 is 19.9 Å². The fraction of sp³-hybridized carbons (Fsp3) is 0.438. The second kappa shape index (κ2) is 10.1. The SMILES string of the molecule is COC(=O)N/C=C/c1ccc(OCC(O)CNC(C)C)c(Cl)c1. The van der Waals surface area contributed by atoms with E-state index in [2.05, 4.69) is 15.4 Å². The molecule has 0 aliphatic rings. The van der Waals surface area contributed by atoms with Gasteiger partial charge in [-0.25, -0.2) is 4.79 Å². The Bertz CT molecular complexity index is 535. The second-order valence-electron chi connectivity index (χ2n) is 5.19. The topological polar surface area (TPSA) is 79.8 Å². The van der Waals surface area contributed by atoms with E-state index in [0.29, 0.717) is 23.4 Å². The van der Waals surface area contributed by atoms with E-state index in [1.165, 1.54) is 13.3 Å². The summed E-state index contributed by atoms with van der Waals surface area (Å²) in [6.07, 6.45) is 1.97. The van der Waals surface area contributed by atoms with Crippen molar-refractivity contribution in [3.05, 3.63) is 35.0 Å². The molecular formula is C16H23ClN2O4. The number of rotatable bonds is 8. The van der Waals surface area contributed by atoms with E-state index in [9.17, 15) is 9.90 Å². The third-order valence-corrected chi connectivity index (χ3v) is 3.11. The van der Waals surface area contributed by atoms with Crippen LogP contribution >= 0.6 is 11.6 Å². The number of methoxy groups -OCH3 is 1. The number of carbonyl (C=O) groups is 1. The number of carbonyl (C=O) groups excluding carboxylic acids is 1. The molecule has 0 aliphatic carbocycles. The molecule has 6 nitrogen and oxygen atoms in total. The van der Waals surface area contributed by atoms with Crippen LogP contribution in [0.3, 0.4) is 0 Å². The summed E-state index contributed by atoms with van der Waals surface area (Å²) in [5, 5.41) is 15.8. The molecule has 0 bridgehead atoms. The fourth-order valence-corrected chi connectivity index (χ4v) is 1.86. The molecule has 1 aromatic carbocycles. The number of alkyl carbamates (subject to hydrolysis) is 1. The Morgan fingerprint density at radius 3 is 2.78 bits per heavy atom. The van der Waals surface area contributed by atoms with Gasteiger partial charge in [0.1, 0.15) is 18.5 Å². The molecule has 0 aliphatic heterocycles. The van der Waals surface area contributed by atoms with Gasteiger partial charge in [-0.3, -0.25) is 5.32 Å². The van der Waals surface area contributed by atoms with Gasteiger partial charge in [-0.2, -0.15) is 0 Å². The number of nitrogens with one attached hydrogen (secondary N) is 2. The molecule has 1 unspecified atom stereocenters. The number of amides is 1. The highest BCUT2D eigenvalue weighted by atomic mass is 35.5. The van der Waals surface area contributed by atoms with Gasteiger partial charge in [0.25, 0.3) is 0 Å². The predicted octanol–water partition coefficient (Wildman–Crippen LogP) is 2.40. The van der Waals surface area contributed by atoms with Crippen molar-refractivity contribution in [1.82, 2.24) is 10.6 Å². The lowest BCUT2D eigenvalue weighted by atomic mass is 10.2. The van der Waals surface area contributed by atoms with Crippen LogP contribution in [0.2, 0.25) is 5.02 Å². The Balaban J connectivity index is 2.51. The Morgan fingerprint density at radius 2 is 2.17 bits per heavy atom. The summed E-state index contributed by atoms with van der Waals surface area (Å²) in [5.74, 6) is 0.494. The highest BCUT2D eigenvalue weighted by molar-refractivity contribution is 6.32. The monoisotopic (exact) mass is 342 g/mol. The van der Waals surface area contributed by atoms with Crippen molar-refractivity contribution in [3.8, 4) is 5.75 Å². The van der Waals surface area contributed by atoms with Crippen molar-refractivity contribution < 1.29 is 19.4 Å². The van der Waals surface area contributed by atoms with E-state index in [1.807, 2.05) is 13.8 Å². The minimum absolute atomic E-state index is 0.151. The molecule has 0 saturated heterocycles. The molecule has 7 heteroatoms. The van der Waals surface area contributed by atoms with Gasteiger partial charge in [-0.1, -0.05) is 31.5 Å². The van der Waals surface area contributed by atoms with Crippen LogP contribution in [0.15, 0.2) is 24.4 Å². The van der Waals surface area contributed by atoms with Crippen molar-refractivity contribution in [2.75, 3.05) is 20.3 Å². The summed E-state index contributed by atoms with van der Waals surface area (Å²) in [4.78, 5) is 10.9. The van der Waals surface area contributed by atoms with Gasteiger partial charge in [0.15, 0.2) is 0 Å². The number of hydrogen-bond acceptors (Lipinski definition) is 5.